The number of aliphatic hydroxyl groups is 2. The lowest BCUT2D eigenvalue weighted by atomic mass is 9.69. The minimum Gasteiger partial charge on any atom is -0.465 e. The molecule has 0 rings (SSSR count). The zero-order chi connectivity index (χ0) is 13.0. The number of carbonyl (C=O) groups is 1. The van der Waals surface area contributed by atoms with Gasteiger partial charge >= 0.3 is 6.09 Å². The van der Waals surface area contributed by atoms with Gasteiger partial charge in [-0.1, -0.05) is 27.7 Å². The number of rotatable bonds is 5. The smallest absolute Gasteiger partial charge is 0.405 e. The second-order valence-electron chi connectivity index (χ2n) is 5.41. The Morgan fingerprint density at radius 3 is 2.06 bits per heavy atom. The molecule has 0 heterocycles. The lowest BCUT2D eigenvalue weighted by Gasteiger charge is -2.44. The molecule has 0 saturated carbocycles. The predicted octanol–water partition coefficient (Wildman–Crippen LogP) is 1.05. The monoisotopic (exact) mass is 233 g/mol. The predicted molar refractivity (Wildman–Crippen MR) is 61.3 cm³/mol. The molecular weight excluding hydrogens is 210 g/mol. The van der Waals surface area contributed by atoms with Gasteiger partial charge in [-0.2, -0.15) is 0 Å². The van der Waals surface area contributed by atoms with Crippen LogP contribution in [0.3, 0.4) is 0 Å². The summed E-state index contributed by atoms with van der Waals surface area (Å²) >= 11 is 0. The summed E-state index contributed by atoms with van der Waals surface area (Å²) in [5.41, 5.74) is -1.36. The first-order valence-corrected chi connectivity index (χ1v) is 5.41. The topological polar surface area (TPSA) is 89.8 Å². The van der Waals surface area contributed by atoms with Gasteiger partial charge in [-0.3, -0.25) is 0 Å². The average Bonchev–Trinajstić information content (AvgIpc) is 2.13. The maximum absolute atomic E-state index is 10.8. The molecule has 0 aliphatic heterocycles. The minimum absolute atomic E-state index is 0.0286. The first kappa shape index (κ1) is 15.2. The Morgan fingerprint density at radius 1 is 1.31 bits per heavy atom. The van der Waals surface area contributed by atoms with Crippen LogP contribution in [0.15, 0.2) is 0 Å². The number of carboxylic acid groups (broad SMARTS) is 1. The fourth-order valence-corrected chi connectivity index (χ4v) is 1.75. The normalized spacial score (nSPS) is 17.6. The molecule has 2 atom stereocenters. The van der Waals surface area contributed by atoms with Crippen LogP contribution in [0.4, 0.5) is 4.79 Å². The molecule has 16 heavy (non-hydrogen) atoms. The number of hydrogen-bond donors (Lipinski definition) is 4. The van der Waals surface area contributed by atoms with Crippen LogP contribution in [-0.2, 0) is 0 Å². The van der Waals surface area contributed by atoms with E-state index < -0.39 is 17.0 Å². The van der Waals surface area contributed by atoms with Crippen molar-refractivity contribution in [2.75, 3.05) is 13.2 Å². The van der Waals surface area contributed by atoms with Crippen LogP contribution in [0.5, 0.6) is 0 Å². The second kappa shape index (κ2) is 5.50. The second-order valence-corrected chi connectivity index (χ2v) is 5.41. The van der Waals surface area contributed by atoms with E-state index >= 15 is 0 Å². The third-order valence-corrected chi connectivity index (χ3v) is 3.06. The highest BCUT2D eigenvalue weighted by Crippen LogP contribution is 2.35. The van der Waals surface area contributed by atoms with Gasteiger partial charge in [0.15, 0.2) is 0 Å². The van der Waals surface area contributed by atoms with Crippen LogP contribution in [0.25, 0.3) is 0 Å². The van der Waals surface area contributed by atoms with Gasteiger partial charge in [-0.25, -0.2) is 4.79 Å². The van der Waals surface area contributed by atoms with Crippen molar-refractivity contribution in [3.8, 4) is 0 Å². The third-order valence-electron chi connectivity index (χ3n) is 3.06. The molecule has 0 aromatic carbocycles. The van der Waals surface area contributed by atoms with Gasteiger partial charge in [0, 0.05) is 6.61 Å². The summed E-state index contributed by atoms with van der Waals surface area (Å²) in [6.45, 7) is 7.10. The van der Waals surface area contributed by atoms with Gasteiger partial charge in [-0.15, -0.1) is 0 Å². The standard InChI is InChI=1S/C11H23NO4/c1-8(6-13)5-11(7-14,10(2,3)4)12-9(15)16/h8,12-14H,5-7H2,1-4H3,(H,15,16)/t8-,11-/m1/s1. The van der Waals surface area contributed by atoms with Gasteiger partial charge in [0.1, 0.15) is 0 Å². The summed E-state index contributed by atoms with van der Waals surface area (Å²) in [4.78, 5) is 10.8. The molecule has 0 spiro atoms. The molecule has 96 valence electrons. The zero-order valence-corrected chi connectivity index (χ0v) is 10.4. The van der Waals surface area contributed by atoms with Crippen molar-refractivity contribution in [2.24, 2.45) is 11.3 Å². The van der Waals surface area contributed by atoms with Crippen molar-refractivity contribution in [3.05, 3.63) is 0 Å². The van der Waals surface area contributed by atoms with E-state index in [2.05, 4.69) is 5.32 Å². The lowest BCUT2D eigenvalue weighted by molar-refractivity contribution is 0.0331. The number of amides is 1. The Bertz CT molecular complexity index is 237. The van der Waals surface area contributed by atoms with Gasteiger partial charge in [0.25, 0.3) is 0 Å². The van der Waals surface area contributed by atoms with Crippen molar-refractivity contribution in [1.82, 2.24) is 5.32 Å². The lowest BCUT2D eigenvalue weighted by Crippen LogP contribution is -2.60. The van der Waals surface area contributed by atoms with Crippen LogP contribution in [-0.4, -0.2) is 40.2 Å². The summed E-state index contributed by atoms with van der Waals surface area (Å²) in [6.07, 6.45) is -0.760. The molecular formula is C11H23NO4. The van der Waals surface area contributed by atoms with Crippen molar-refractivity contribution >= 4 is 6.09 Å². The summed E-state index contributed by atoms with van der Waals surface area (Å²) in [6, 6.07) is 0. The SMILES string of the molecule is C[C@@H](CO)C[C@](CO)(NC(=O)O)C(C)(C)C. The fourth-order valence-electron chi connectivity index (χ4n) is 1.75. The van der Waals surface area contributed by atoms with E-state index in [9.17, 15) is 9.90 Å². The van der Waals surface area contributed by atoms with Crippen LogP contribution in [0, 0.1) is 11.3 Å². The van der Waals surface area contributed by atoms with E-state index in [-0.39, 0.29) is 19.1 Å². The number of hydrogen-bond acceptors (Lipinski definition) is 3. The zero-order valence-electron chi connectivity index (χ0n) is 10.4. The molecule has 1 amide bonds. The van der Waals surface area contributed by atoms with Crippen LogP contribution < -0.4 is 5.32 Å². The van der Waals surface area contributed by atoms with Crippen molar-refractivity contribution in [2.45, 2.75) is 39.7 Å². The summed E-state index contributed by atoms with van der Waals surface area (Å²) in [7, 11) is 0. The highest BCUT2D eigenvalue weighted by atomic mass is 16.4. The summed E-state index contributed by atoms with van der Waals surface area (Å²) in [5.74, 6) is -0.0711. The van der Waals surface area contributed by atoms with E-state index in [1.165, 1.54) is 0 Å². The van der Waals surface area contributed by atoms with Crippen LogP contribution in [0.2, 0.25) is 0 Å². The van der Waals surface area contributed by atoms with E-state index in [0.717, 1.165) is 0 Å². The maximum Gasteiger partial charge on any atom is 0.405 e. The minimum atomic E-state index is -1.16. The molecule has 4 N–H and O–H groups in total. The highest BCUT2D eigenvalue weighted by molar-refractivity contribution is 5.65. The molecule has 0 unspecified atom stereocenters. The first-order chi connectivity index (χ1) is 7.18. The van der Waals surface area contributed by atoms with Crippen molar-refractivity contribution in [3.63, 3.8) is 0 Å². The molecule has 0 bridgehead atoms. The third kappa shape index (κ3) is 3.64. The van der Waals surface area contributed by atoms with Gasteiger partial charge in [-0.05, 0) is 17.8 Å². The highest BCUT2D eigenvalue weighted by Gasteiger charge is 2.43. The van der Waals surface area contributed by atoms with Gasteiger partial charge in [0.05, 0.1) is 12.1 Å². The number of aliphatic hydroxyl groups excluding tert-OH is 2. The molecule has 5 nitrogen and oxygen atoms in total. The molecule has 0 aliphatic carbocycles. The average molecular weight is 233 g/mol. The maximum atomic E-state index is 10.8. The molecule has 0 aromatic heterocycles. The van der Waals surface area contributed by atoms with Gasteiger partial charge in [0.2, 0.25) is 0 Å². The Labute approximate surface area is 96.5 Å². The molecule has 0 aliphatic rings. The molecule has 0 saturated heterocycles. The van der Waals surface area contributed by atoms with Crippen molar-refractivity contribution in [1.29, 1.82) is 0 Å². The quantitative estimate of drug-likeness (QED) is 0.571. The molecule has 0 aromatic rings. The summed E-state index contributed by atoms with van der Waals surface area (Å²) < 4.78 is 0. The van der Waals surface area contributed by atoms with E-state index in [1.807, 2.05) is 27.7 Å². The van der Waals surface area contributed by atoms with E-state index in [0.29, 0.717) is 6.42 Å². The number of nitrogens with one attached hydrogen (secondary N) is 1. The van der Waals surface area contributed by atoms with Crippen LogP contribution in [0.1, 0.15) is 34.1 Å². The summed E-state index contributed by atoms with van der Waals surface area (Å²) in [5, 5.41) is 29.8. The largest absolute Gasteiger partial charge is 0.465 e. The Morgan fingerprint density at radius 2 is 1.81 bits per heavy atom. The molecule has 0 radical (unpaired) electrons. The van der Waals surface area contributed by atoms with E-state index in [4.69, 9.17) is 10.2 Å². The molecule has 0 fully saturated rings. The van der Waals surface area contributed by atoms with Crippen molar-refractivity contribution < 1.29 is 20.1 Å². The Hall–Kier alpha value is -0.810. The van der Waals surface area contributed by atoms with E-state index in [1.54, 1.807) is 0 Å². The Kier molecular flexibility index (Phi) is 5.22. The molecule has 5 heteroatoms. The van der Waals surface area contributed by atoms with Crippen LogP contribution >= 0.6 is 0 Å². The fraction of sp³-hybridized carbons (Fsp3) is 0.909. The first-order valence-electron chi connectivity index (χ1n) is 5.41. The Balaban J connectivity index is 5.04. The van der Waals surface area contributed by atoms with Gasteiger partial charge < -0.3 is 20.6 Å².